The van der Waals surface area contributed by atoms with Crippen molar-refractivity contribution in [3.63, 3.8) is 0 Å². The van der Waals surface area contributed by atoms with Crippen LogP contribution < -0.4 is 0 Å². The molecule has 106 valence electrons. The Hall–Kier alpha value is -0.620. The molecule has 0 bridgehead atoms. The van der Waals surface area contributed by atoms with Crippen LogP contribution in [0.3, 0.4) is 0 Å². The largest absolute Gasteiger partial charge is 0.481 e. The second-order valence-electron chi connectivity index (χ2n) is 5.38. The lowest BCUT2D eigenvalue weighted by molar-refractivity contribution is -0.150. The van der Waals surface area contributed by atoms with Crippen LogP contribution in [0, 0.1) is 11.3 Å². The van der Waals surface area contributed by atoms with Crippen LogP contribution in [0.4, 0.5) is 0 Å². The molecule has 1 rings (SSSR count). The van der Waals surface area contributed by atoms with Gasteiger partial charge < -0.3 is 10.0 Å². The highest BCUT2D eigenvalue weighted by Gasteiger charge is 2.47. The molecule has 0 aliphatic carbocycles. The predicted octanol–water partition coefficient (Wildman–Crippen LogP) is 0.854. The van der Waals surface area contributed by atoms with Gasteiger partial charge in [0.05, 0.1) is 11.2 Å². The highest BCUT2D eigenvalue weighted by atomic mass is 32.2. The summed E-state index contributed by atoms with van der Waals surface area (Å²) in [5, 5.41) is 9.38. The second kappa shape index (κ2) is 5.57. The van der Waals surface area contributed by atoms with Crippen LogP contribution >= 0.6 is 0 Å². The fourth-order valence-corrected chi connectivity index (χ4v) is 3.24. The molecule has 6 heteroatoms. The Balaban J connectivity index is 2.63. The minimum atomic E-state index is -2.97. The molecule has 0 spiro atoms. The first-order valence-corrected chi connectivity index (χ1v) is 8.22. The van der Waals surface area contributed by atoms with Crippen LogP contribution in [0.1, 0.15) is 27.2 Å². The zero-order valence-electron chi connectivity index (χ0n) is 11.3. The minimum Gasteiger partial charge on any atom is -0.481 e. The minimum absolute atomic E-state index is 0.0581. The lowest BCUT2D eigenvalue weighted by Crippen LogP contribution is -2.40. The van der Waals surface area contributed by atoms with Crippen molar-refractivity contribution in [2.45, 2.75) is 27.2 Å². The lowest BCUT2D eigenvalue weighted by atomic mass is 9.76. The molecule has 0 amide bonds. The van der Waals surface area contributed by atoms with Gasteiger partial charge in [0, 0.05) is 18.8 Å². The number of carboxylic acids is 1. The Morgan fingerprint density at radius 3 is 2.44 bits per heavy atom. The molecule has 1 aliphatic rings. The molecule has 0 radical (unpaired) electrons. The van der Waals surface area contributed by atoms with Crippen molar-refractivity contribution < 1.29 is 18.3 Å². The molecule has 18 heavy (non-hydrogen) atoms. The van der Waals surface area contributed by atoms with Crippen LogP contribution in [0.5, 0.6) is 0 Å². The number of nitrogens with zero attached hydrogens (tertiary/aromatic N) is 1. The van der Waals surface area contributed by atoms with Gasteiger partial charge >= 0.3 is 5.97 Å². The van der Waals surface area contributed by atoms with Crippen molar-refractivity contribution in [1.82, 2.24) is 4.90 Å². The summed E-state index contributed by atoms with van der Waals surface area (Å²) in [6, 6.07) is 0. The van der Waals surface area contributed by atoms with E-state index in [1.54, 1.807) is 6.92 Å². The van der Waals surface area contributed by atoms with Crippen molar-refractivity contribution >= 4 is 15.8 Å². The van der Waals surface area contributed by atoms with Gasteiger partial charge in [0.1, 0.15) is 0 Å². The van der Waals surface area contributed by atoms with Crippen LogP contribution in [0.15, 0.2) is 0 Å². The van der Waals surface area contributed by atoms with E-state index in [1.165, 1.54) is 0 Å². The number of carbonyl (C=O) groups is 1. The number of carboxylic acid groups (broad SMARTS) is 1. The summed E-state index contributed by atoms with van der Waals surface area (Å²) < 4.78 is 22.9. The first-order chi connectivity index (χ1) is 8.23. The standard InChI is InChI=1S/C12H23NO4S/c1-4-18(16,17)8-7-13-6-5-12(9-13,10(2)3)11(14)15/h10H,4-9H2,1-3H3,(H,14,15). The normalized spacial score (nSPS) is 25.8. The summed E-state index contributed by atoms with van der Waals surface area (Å²) in [5.74, 6) is -0.437. The first-order valence-electron chi connectivity index (χ1n) is 6.39. The van der Waals surface area contributed by atoms with Crippen LogP contribution in [-0.4, -0.2) is 55.5 Å². The summed E-state index contributed by atoms with van der Waals surface area (Å²) >= 11 is 0. The molecule has 1 atom stereocenters. The van der Waals surface area contributed by atoms with Gasteiger partial charge in [-0.05, 0) is 18.9 Å². The Labute approximate surface area is 109 Å². The Kier molecular flexibility index (Phi) is 4.78. The SMILES string of the molecule is CCS(=O)(=O)CCN1CCC(C(=O)O)(C(C)C)C1. The van der Waals surface area contributed by atoms with Gasteiger partial charge in [-0.3, -0.25) is 4.79 Å². The second-order valence-corrected chi connectivity index (χ2v) is 7.85. The molecule has 1 heterocycles. The van der Waals surface area contributed by atoms with E-state index in [0.717, 1.165) is 0 Å². The zero-order valence-corrected chi connectivity index (χ0v) is 12.2. The van der Waals surface area contributed by atoms with E-state index < -0.39 is 21.2 Å². The number of sulfone groups is 1. The van der Waals surface area contributed by atoms with Crippen LogP contribution in [-0.2, 0) is 14.6 Å². The van der Waals surface area contributed by atoms with E-state index in [-0.39, 0.29) is 17.4 Å². The number of aliphatic carboxylic acids is 1. The fraction of sp³-hybridized carbons (Fsp3) is 0.917. The quantitative estimate of drug-likeness (QED) is 0.779. The topological polar surface area (TPSA) is 74.7 Å². The number of hydrogen-bond donors (Lipinski definition) is 1. The molecule has 0 saturated carbocycles. The van der Waals surface area contributed by atoms with Gasteiger partial charge in [0.2, 0.25) is 0 Å². The third-order valence-electron chi connectivity index (χ3n) is 4.07. The van der Waals surface area contributed by atoms with Crippen molar-refractivity contribution in [3.05, 3.63) is 0 Å². The van der Waals surface area contributed by atoms with Gasteiger partial charge in [-0.25, -0.2) is 8.42 Å². The summed E-state index contributed by atoms with van der Waals surface area (Å²) in [6.45, 7) is 7.04. The summed E-state index contributed by atoms with van der Waals surface area (Å²) in [5.41, 5.74) is -0.712. The van der Waals surface area contributed by atoms with Crippen molar-refractivity contribution in [2.24, 2.45) is 11.3 Å². The molecule has 1 fully saturated rings. The van der Waals surface area contributed by atoms with Crippen LogP contribution in [0.25, 0.3) is 0 Å². The zero-order chi connectivity index (χ0) is 14.0. The van der Waals surface area contributed by atoms with Gasteiger partial charge in [-0.1, -0.05) is 20.8 Å². The monoisotopic (exact) mass is 277 g/mol. The highest BCUT2D eigenvalue weighted by molar-refractivity contribution is 7.91. The Morgan fingerprint density at radius 2 is 2.06 bits per heavy atom. The van der Waals surface area contributed by atoms with Crippen LogP contribution in [0.2, 0.25) is 0 Å². The number of rotatable bonds is 6. The van der Waals surface area contributed by atoms with E-state index in [1.807, 2.05) is 18.7 Å². The van der Waals surface area contributed by atoms with E-state index in [2.05, 4.69) is 0 Å². The summed E-state index contributed by atoms with van der Waals surface area (Å²) in [4.78, 5) is 13.4. The van der Waals surface area contributed by atoms with Gasteiger partial charge in [-0.2, -0.15) is 0 Å². The summed E-state index contributed by atoms with van der Waals surface area (Å²) in [7, 11) is -2.97. The molecule has 0 aromatic rings. The molecule has 5 nitrogen and oxygen atoms in total. The molecule has 1 N–H and O–H groups in total. The smallest absolute Gasteiger partial charge is 0.311 e. The highest BCUT2D eigenvalue weighted by Crippen LogP contribution is 2.37. The maximum atomic E-state index is 11.4. The Bertz CT molecular complexity index is 404. The summed E-state index contributed by atoms with van der Waals surface area (Å²) in [6.07, 6.45) is 0.603. The van der Waals surface area contributed by atoms with Crippen molar-refractivity contribution in [2.75, 3.05) is 31.1 Å². The van der Waals surface area contributed by atoms with Gasteiger partial charge in [0.15, 0.2) is 9.84 Å². The molecule has 1 saturated heterocycles. The van der Waals surface area contributed by atoms with Crippen molar-refractivity contribution in [1.29, 1.82) is 0 Å². The third-order valence-corrected chi connectivity index (χ3v) is 5.75. The van der Waals surface area contributed by atoms with E-state index in [4.69, 9.17) is 0 Å². The molecular weight excluding hydrogens is 254 g/mol. The molecule has 1 aliphatic heterocycles. The molecule has 1 unspecified atom stereocenters. The molecule has 0 aromatic heterocycles. The fourth-order valence-electron chi connectivity index (χ4n) is 2.41. The predicted molar refractivity (Wildman–Crippen MR) is 70.3 cm³/mol. The average Bonchev–Trinajstić information content (AvgIpc) is 2.72. The maximum absolute atomic E-state index is 11.4. The molecule has 0 aromatic carbocycles. The van der Waals surface area contributed by atoms with E-state index in [9.17, 15) is 18.3 Å². The third kappa shape index (κ3) is 3.23. The number of likely N-dealkylation sites (tertiary alicyclic amines) is 1. The van der Waals surface area contributed by atoms with Crippen molar-refractivity contribution in [3.8, 4) is 0 Å². The first kappa shape index (κ1) is 15.4. The average molecular weight is 277 g/mol. The van der Waals surface area contributed by atoms with E-state index >= 15 is 0 Å². The van der Waals surface area contributed by atoms with Gasteiger partial charge in [0.25, 0.3) is 0 Å². The lowest BCUT2D eigenvalue weighted by Gasteiger charge is -2.28. The molecular formula is C12H23NO4S. The van der Waals surface area contributed by atoms with Gasteiger partial charge in [-0.15, -0.1) is 0 Å². The Morgan fingerprint density at radius 1 is 1.44 bits per heavy atom. The van der Waals surface area contributed by atoms with E-state index in [0.29, 0.717) is 26.1 Å². The number of hydrogen-bond acceptors (Lipinski definition) is 4. The maximum Gasteiger partial charge on any atom is 0.311 e.